The van der Waals surface area contributed by atoms with Gasteiger partial charge < -0.3 is 5.11 Å². The van der Waals surface area contributed by atoms with Crippen molar-refractivity contribution in [2.24, 2.45) is 0 Å². The van der Waals surface area contributed by atoms with Gasteiger partial charge in [0.1, 0.15) is 11.6 Å². The first kappa shape index (κ1) is 42.2. The fourth-order valence-corrected chi connectivity index (χ4v) is 8.50. The molecule has 0 aliphatic carbocycles. The second-order valence-electron chi connectivity index (χ2n) is 16.7. The summed E-state index contributed by atoms with van der Waals surface area (Å²) in [7, 11) is 0. The van der Waals surface area contributed by atoms with Gasteiger partial charge in [-0.2, -0.15) is 0 Å². The Hall–Kier alpha value is -7.13. The summed E-state index contributed by atoms with van der Waals surface area (Å²) in [6, 6.07) is 73.2. The van der Waals surface area contributed by atoms with Crippen LogP contribution in [0.3, 0.4) is 0 Å². The van der Waals surface area contributed by atoms with Gasteiger partial charge in [-0.25, -0.2) is 4.98 Å². The summed E-state index contributed by atoms with van der Waals surface area (Å²) in [5.41, 5.74) is 17.1. The van der Waals surface area contributed by atoms with Crippen molar-refractivity contribution in [1.82, 2.24) is 14.5 Å². The number of phenolic OH excluding ortho intramolecular Hbond substituents is 1. The van der Waals surface area contributed by atoms with E-state index >= 15 is 0 Å². The van der Waals surface area contributed by atoms with Crippen molar-refractivity contribution >= 4 is 11.0 Å². The first-order valence-corrected chi connectivity index (χ1v) is 21.6. The van der Waals surface area contributed by atoms with Crippen LogP contribution in [-0.4, -0.2) is 19.6 Å². The van der Waals surface area contributed by atoms with Gasteiger partial charge in [-0.15, -0.1) is 23.8 Å². The van der Waals surface area contributed by atoms with Gasteiger partial charge in [0.25, 0.3) is 0 Å². The van der Waals surface area contributed by atoms with Crippen molar-refractivity contribution in [3.05, 3.63) is 218 Å². The minimum Gasteiger partial charge on any atom is -0.507 e. The van der Waals surface area contributed by atoms with Crippen molar-refractivity contribution in [2.75, 3.05) is 0 Å². The first-order chi connectivity index (χ1) is 30.8. The molecule has 0 saturated heterocycles. The van der Waals surface area contributed by atoms with Crippen LogP contribution in [0.15, 0.2) is 206 Å². The number of para-hydroxylation sites is 2. The van der Waals surface area contributed by atoms with Crippen LogP contribution in [0.25, 0.3) is 95.0 Å². The molecule has 0 radical (unpaired) electrons. The fourth-order valence-electron chi connectivity index (χ4n) is 8.50. The Morgan fingerprint density at radius 3 is 1.77 bits per heavy atom. The topological polar surface area (TPSA) is 50.9 Å². The predicted octanol–water partition coefficient (Wildman–Crippen LogP) is 15.3. The van der Waals surface area contributed by atoms with Crippen molar-refractivity contribution in [3.8, 4) is 89.7 Å². The van der Waals surface area contributed by atoms with E-state index in [1.807, 2.05) is 36.5 Å². The molecule has 0 aliphatic heterocycles. The van der Waals surface area contributed by atoms with Crippen LogP contribution in [0.1, 0.15) is 32.8 Å². The number of phenols is 1. The molecule has 2 heterocycles. The molecule has 1 N–H and O–H groups in total. The number of aromatic nitrogens is 3. The molecule has 314 valence electrons. The summed E-state index contributed by atoms with van der Waals surface area (Å²) in [6.45, 7) is 6.84. The average molecular weight is 1010 g/mol. The molecule has 5 heteroatoms. The molecular formula is C59H46N3OPt-. The summed E-state index contributed by atoms with van der Waals surface area (Å²) in [5.74, 6) is 0.823. The molecule has 0 bridgehead atoms. The number of nitrogens with zero attached hydrogens (tertiary/aromatic N) is 3. The molecule has 0 aliphatic rings. The second kappa shape index (κ2) is 17.9. The Kier molecular flexibility index (Phi) is 11.8. The van der Waals surface area contributed by atoms with Crippen LogP contribution >= 0.6 is 0 Å². The van der Waals surface area contributed by atoms with Crippen LogP contribution in [0.5, 0.6) is 5.75 Å². The van der Waals surface area contributed by atoms with Crippen molar-refractivity contribution < 1.29 is 26.2 Å². The number of fused-ring (bicyclic) bond motifs is 1. The maximum atomic E-state index is 11.4. The van der Waals surface area contributed by atoms with Gasteiger partial charge >= 0.3 is 0 Å². The Bertz CT molecular complexity index is 3230. The van der Waals surface area contributed by atoms with Crippen LogP contribution in [0.2, 0.25) is 0 Å². The maximum absolute atomic E-state index is 11.4. The summed E-state index contributed by atoms with van der Waals surface area (Å²) in [5, 5.41) is 11.4. The minimum absolute atomic E-state index is 0. The Morgan fingerprint density at radius 1 is 0.516 bits per heavy atom. The van der Waals surface area contributed by atoms with Gasteiger partial charge in [0.2, 0.25) is 0 Å². The van der Waals surface area contributed by atoms with Gasteiger partial charge in [-0.3, -0.25) is 9.55 Å². The van der Waals surface area contributed by atoms with E-state index in [4.69, 9.17) is 9.97 Å². The second-order valence-corrected chi connectivity index (χ2v) is 16.7. The van der Waals surface area contributed by atoms with Gasteiger partial charge in [-0.1, -0.05) is 189 Å². The number of aromatic hydroxyl groups is 1. The summed E-state index contributed by atoms with van der Waals surface area (Å²) >= 11 is 0. The van der Waals surface area contributed by atoms with E-state index in [1.54, 1.807) is 6.07 Å². The van der Waals surface area contributed by atoms with E-state index in [2.05, 4.69) is 195 Å². The normalized spacial score (nSPS) is 11.4. The standard InChI is InChI=1S/C59H46N3O.Pt/c1-4-59(2,3)49-31-32-54(52(39-49)44-21-12-7-13-22-44)62-55-25-16-24-50(57(55)61-58(62)51-23-14-15-26-56(51)63)47-35-46(41-19-10-6-11-20-41)36-48(37-47)53-38-45(33-34-60-53)43-29-27-42(28-30-43)40-17-8-5-9-18-40;/h5-36,38-39,63H,4H2,1-3H3;/q-1;. The SMILES string of the molecule is CCC(C)(C)c1ccc(-n2c(-c3ccccc3O)nc3c(-c4[c-]c(-c5cc(-c6ccc(-c7ccccc7)cc6)ccn5)cc(-c5ccccc5)c4)cccc32)c(-c2ccccc2)c1.[Pt]. The zero-order chi connectivity index (χ0) is 42.9. The molecule has 4 nitrogen and oxygen atoms in total. The molecule has 0 atom stereocenters. The zero-order valence-electron chi connectivity index (χ0n) is 35.9. The van der Waals surface area contributed by atoms with Crippen LogP contribution in [-0.2, 0) is 26.5 Å². The Morgan fingerprint density at radius 2 is 1.09 bits per heavy atom. The average Bonchev–Trinajstić information content (AvgIpc) is 3.74. The number of imidazole rings is 1. The van der Waals surface area contributed by atoms with E-state index in [0.29, 0.717) is 11.4 Å². The number of pyridine rings is 1. The maximum Gasteiger partial charge on any atom is 0.148 e. The first-order valence-electron chi connectivity index (χ1n) is 21.6. The van der Waals surface area contributed by atoms with Gasteiger partial charge in [-0.05, 0) is 87.2 Å². The third-order valence-electron chi connectivity index (χ3n) is 12.4. The van der Waals surface area contributed by atoms with Crippen LogP contribution < -0.4 is 0 Å². The number of benzene rings is 8. The molecule has 2 aromatic heterocycles. The number of hydrogen-bond donors (Lipinski definition) is 1. The monoisotopic (exact) mass is 1010 g/mol. The minimum atomic E-state index is -0.0224. The molecule has 0 unspecified atom stereocenters. The molecule has 8 aromatic carbocycles. The molecule has 0 amide bonds. The summed E-state index contributed by atoms with van der Waals surface area (Å²) < 4.78 is 2.22. The Balaban J connectivity index is 0.00000518. The third-order valence-corrected chi connectivity index (χ3v) is 12.4. The molecule has 64 heavy (non-hydrogen) atoms. The molecule has 0 fully saturated rings. The van der Waals surface area contributed by atoms with E-state index in [9.17, 15) is 5.11 Å². The fraction of sp³-hybridized carbons (Fsp3) is 0.0847. The summed E-state index contributed by atoms with van der Waals surface area (Å²) in [6.07, 6.45) is 2.89. The molecule has 0 spiro atoms. The van der Waals surface area contributed by atoms with Crippen molar-refractivity contribution in [2.45, 2.75) is 32.6 Å². The smallest absolute Gasteiger partial charge is 0.148 e. The number of rotatable bonds is 10. The quantitative estimate of drug-likeness (QED) is 0.139. The van der Waals surface area contributed by atoms with Crippen LogP contribution in [0, 0.1) is 6.07 Å². The molecule has 10 aromatic rings. The van der Waals surface area contributed by atoms with Crippen molar-refractivity contribution in [1.29, 1.82) is 0 Å². The molecule has 10 rings (SSSR count). The van der Waals surface area contributed by atoms with Crippen LogP contribution in [0.4, 0.5) is 0 Å². The Labute approximate surface area is 389 Å². The molecular weight excluding hydrogens is 962 g/mol. The van der Waals surface area contributed by atoms with Crippen molar-refractivity contribution in [3.63, 3.8) is 0 Å². The predicted molar refractivity (Wildman–Crippen MR) is 261 cm³/mol. The molecule has 0 saturated carbocycles. The zero-order valence-corrected chi connectivity index (χ0v) is 38.2. The van der Waals surface area contributed by atoms with Gasteiger partial charge in [0.05, 0.1) is 22.3 Å². The van der Waals surface area contributed by atoms with Gasteiger partial charge in [0.15, 0.2) is 0 Å². The van der Waals surface area contributed by atoms with Gasteiger partial charge in [0, 0.05) is 38.5 Å². The van der Waals surface area contributed by atoms with E-state index in [0.717, 1.165) is 78.9 Å². The number of hydrogen-bond acceptors (Lipinski definition) is 3. The largest absolute Gasteiger partial charge is 0.507 e. The summed E-state index contributed by atoms with van der Waals surface area (Å²) in [4.78, 5) is 10.4. The van der Waals surface area contributed by atoms with E-state index in [1.165, 1.54) is 16.7 Å². The third kappa shape index (κ3) is 8.14. The van der Waals surface area contributed by atoms with E-state index < -0.39 is 0 Å². The van der Waals surface area contributed by atoms with E-state index in [-0.39, 0.29) is 32.2 Å².